The summed E-state index contributed by atoms with van der Waals surface area (Å²) < 4.78 is 2.02. The van der Waals surface area contributed by atoms with Gasteiger partial charge in [-0.2, -0.15) is 5.10 Å². The number of aromatic nitrogens is 2. The van der Waals surface area contributed by atoms with Crippen molar-refractivity contribution in [1.82, 2.24) is 9.78 Å². The highest BCUT2D eigenvalue weighted by Crippen LogP contribution is 2.68. The van der Waals surface area contributed by atoms with Gasteiger partial charge in [0.1, 0.15) is 0 Å². The number of para-hydroxylation sites is 2. The number of hydrogen-bond acceptors (Lipinski definition) is 2. The van der Waals surface area contributed by atoms with Crippen LogP contribution in [0.3, 0.4) is 0 Å². The second-order valence-electron chi connectivity index (χ2n) is 8.82. The second kappa shape index (κ2) is 5.81. The van der Waals surface area contributed by atoms with Crippen molar-refractivity contribution in [3.05, 3.63) is 77.6 Å². The van der Waals surface area contributed by atoms with Gasteiger partial charge in [-0.25, -0.2) is 4.68 Å². The van der Waals surface area contributed by atoms with E-state index in [2.05, 4.69) is 38.2 Å². The van der Waals surface area contributed by atoms with E-state index in [1.165, 1.54) is 5.69 Å². The van der Waals surface area contributed by atoms with Gasteiger partial charge in [0.25, 0.3) is 5.91 Å². The Hall–Kier alpha value is -2.88. The van der Waals surface area contributed by atoms with Crippen LogP contribution in [-0.2, 0) is 5.41 Å². The molecule has 2 aromatic carbocycles. The molecule has 5 rings (SSSR count). The number of rotatable bonds is 3. The second-order valence-corrected chi connectivity index (χ2v) is 8.82. The topological polar surface area (TPSA) is 46.9 Å². The highest BCUT2D eigenvalue weighted by molar-refractivity contribution is 6.04. The maximum Gasteiger partial charge on any atom is 0.276 e. The standard InChI is InChI=1S/C24H25N3O/c1-23(2)18-14-15-24(23,3)21-19(18)20(22(28)25-16-10-6-4-7-11-16)26-27(21)17-12-8-5-9-13-17/h4-13,18H,14-15H2,1-3H3,(H,25,28)/t18-,24+/m0/s1. The first-order valence-electron chi connectivity index (χ1n) is 9.99. The van der Waals surface area contributed by atoms with E-state index < -0.39 is 0 Å². The molecule has 1 heterocycles. The van der Waals surface area contributed by atoms with Crippen molar-refractivity contribution in [3.63, 3.8) is 0 Å². The molecule has 0 spiro atoms. The average molecular weight is 371 g/mol. The molecule has 0 unspecified atom stereocenters. The lowest BCUT2D eigenvalue weighted by molar-refractivity contribution is 0.101. The SMILES string of the molecule is CC1(C)[C@H]2CC[C@]1(C)c1c2c(C(=O)Nc2ccccc2)nn1-c1ccccc1. The first-order valence-corrected chi connectivity index (χ1v) is 9.99. The molecule has 0 saturated heterocycles. The fraction of sp³-hybridized carbons (Fsp3) is 0.333. The number of carbonyl (C=O) groups excluding carboxylic acids is 1. The van der Waals surface area contributed by atoms with Gasteiger partial charge in [0, 0.05) is 16.7 Å². The number of nitrogens with zero attached hydrogens (tertiary/aromatic N) is 2. The third-order valence-electron chi connectivity index (χ3n) is 7.27. The van der Waals surface area contributed by atoms with Crippen LogP contribution in [0.25, 0.3) is 5.69 Å². The molecule has 1 aromatic heterocycles. The van der Waals surface area contributed by atoms with Crippen molar-refractivity contribution in [1.29, 1.82) is 0 Å². The zero-order chi connectivity index (χ0) is 19.5. The highest BCUT2D eigenvalue weighted by atomic mass is 16.2. The minimum Gasteiger partial charge on any atom is -0.321 e. The Bertz CT molecular complexity index is 1050. The largest absolute Gasteiger partial charge is 0.321 e. The maximum absolute atomic E-state index is 13.2. The molecule has 0 aliphatic heterocycles. The molecule has 4 nitrogen and oxygen atoms in total. The van der Waals surface area contributed by atoms with Crippen molar-refractivity contribution >= 4 is 11.6 Å². The monoisotopic (exact) mass is 371 g/mol. The fourth-order valence-corrected chi connectivity index (χ4v) is 5.36. The Morgan fingerprint density at radius 2 is 1.68 bits per heavy atom. The first-order chi connectivity index (χ1) is 13.4. The van der Waals surface area contributed by atoms with Crippen LogP contribution in [0.4, 0.5) is 5.69 Å². The molecular weight excluding hydrogens is 346 g/mol. The van der Waals surface area contributed by atoms with Gasteiger partial charge < -0.3 is 5.32 Å². The van der Waals surface area contributed by atoms with Crippen molar-refractivity contribution < 1.29 is 4.79 Å². The molecule has 1 N–H and O–H groups in total. The summed E-state index contributed by atoms with van der Waals surface area (Å²) in [7, 11) is 0. The summed E-state index contributed by atoms with van der Waals surface area (Å²) in [6, 6.07) is 19.8. The van der Waals surface area contributed by atoms with Crippen LogP contribution in [0, 0.1) is 5.41 Å². The van der Waals surface area contributed by atoms with Crippen molar-refractivity contribution in [3.8, 4) is 5.69 Å². The van der Waals surface area contributed by atoms with E-state index in [0.717, 1.165) is 29.8 Å². The summed E-state index contributed by atoms with van der Waals surface area (Å²) >= 11 is 0. The maximum atomic E-state index is 13.2. The van der Waals surface area contributed by atoms with Crippen molar-refractivity contribution in [2.75, 3.05) is 5.32 Å². The molecule has 2 aliphatic carbocycles. The fourth-order valence-electron chi connectivity index (χ4n) is 5.36. The zero-order valence-corrected chi connectivity index (χ0v) is 16.6. The molecule has 4 heteroatoms. The quantitative estimate of drug-likeness (QED) is 0.679. The van der Waals surface area contributed by atoms with E-state index in [-0.39, 0.29) is 16.7 Å². The van der Waals surface area contributed by atoms with Gasteiger partial charge in [-0.1, -0.05) is 57.2 Å². The Morgan fingerprint density at radius 1 is 1.04 bits per heavy atom. The van der Waals surface area contributed by atoms with Crippen LogP contribution in [0.1, 0.15) is 61.3 Å². The molecule has 2 aliphatic rings. The minimum absolute atomic E-state index is 0.0150. The molecule has 1 saturated carbocycles. The van der Waals surface area contributed by atoms with Gasteiger partial charge >= 0.3 is 0 Å². The Balaban J connectivity index is 1.68. The lowest BCUT2D eigenvalue weighted by Crippen LogP contribution is -2.33. The van der Waals surface area contributed by atoms with E-state index in [1.807, 2.05) is 53.2 Å². The van der Waals surface area contributed by atoms with E-state index in [0.29, 0.717) is 11.6 Å². The van der Waals surface area contributed by atoms with Gasteiger partial charge in [-0.15, -0.1) is 0 Å². The van der Waals surface area contributed by atoms with E-state index in [9.17, 15) is 4.79 Å². The lowest BCUT2D eigenvalue weighted by atomic mass is 9.70. The van der Waals surface area contributed by atoms with Gasteiger partial charge in [0.2, 0.25) is 0 Å². The minimum atomic E-state index is -0.121. The predicted octanol–water partition coefficient (Wildman–Crippen LogP) is 5.30. The van der Waals surface area contributed by atoms with E-state index >= 15 is 0 Å². The van der Waals surface area contributed by atoms with Crippen LogP contribution in [0.5, 0.6) is 0 Å². The summed E-state index contributed by atoms with van der Waals surface area (Å²) in [5.41, 5.74) is 4.88. The normalized spacial score (nSPS) is 24.2. The van der Waals surface area contributed by atoms with Crippen molar-refractivity contribution in [2.45, 2.75) is 44.9 Å². The molecule has 1 amide bonds. The number of anilines is 1. The van der Waals surface area contributed by atoms with Crippen LogP contribution >= 0.6 is 0 Å². The van der Waals surface area contributed by atoms with Crippen LogP contribution in [-0.4, -0.2) is 15.7 Å². The third-order valence-corrected chi connectivity index (χ3v) is 7.27. The summed E-state index contributed by atoms with van der Waals surface area (Å²) in [6.07, 6.45) is 2.25. The molecule has 142 valence electrons. The molecule has 1 fully saturated rings. The summed E-state index contributed by atoms with van der Waals surface area (Å²) in [5.74, 6) is 0.241. The molecule has 28 heavy (non-hydrogen) atoms. The summed E-state index contributed by atoms with van der Waals surface area (Å²) in [6.45, 7) is 7.04. The lowest BCUT2D eigenvalue weighted by Gasteiger charge is -2.35. The number of benzene rings is 2. The van der Waals surface area contributed by atoms with E-state index in [1.54, 1.807) is 0 Å². The smallest absolute Gasteiger partial charge is 0.276 e. The Kier molecular flexibility index (Phi) is 3.57. The molecule has 3 aromatic rings. The number of amides is 1. The van der Waals surface area contributed by atoms with Gasteiger partial charge in [-0.05, 0) is 48.4 Å². The summed E-state index contributed by atoms with van der Waals surface area (Å²) in [4.78, 5) is 13.2. The number of carbonyl (C=O) groups is 1. The van der Waals surface area contributed by atoms with Crippen molar-refractivity contribution in [2.24, 2.45) is 5.41 Å². The molecule has 2 bridgehead atoms. The Morgan fingerprint density at radius 3 is 2.36 bits per heavy atom. The number of fused-ring (bicyclic) bond motifs is 5. The number of nitrogens with one attached hydrogen (secondary N) is 1. The van der Waals surface area contributed by atoms with E-state index in [4.69, 9.17) is 5.10 Å². The Labute approximate surface area is 165 Å². The third kappa shape index (κ3) is 2.17. The first kappa shape index (κ1) is 17.2. The van der Waals surface area contributed by atoms with Crippen LogP contribution in [0.2, 0.25) is 0 Å². The average Bonchev–Trinajstić information content (AvgIpc) is 3.26. The molecular formula is C24H25N3O. The summed E-state index contributed by atoms with van der Waals surface area (Å²) in [5, 5.41) is 7.89. The number of hydrogen-bond donors (Lipinski definition) is 1. The molecule has 2 atom stereocenters. The van der Waals surface area contributed by atoms with Crippen LogP contribution < -0.4 is 5.32 Å². The van der Waals surface area contributed by atoms with Gasteiger partial charge in [0.15, 0.2) is 5.69 Å². The van der Waals surface area contributed by atoms with Gasteiger partial charge in [-0.3, -0.25) is 4.79 Å². The van der Waals surface area contributed by atoms with Gasteiger partial charge in [0.05, 0.1) is 11.4 Å². The zero-order valence-electron chi connectivity index (χ0n) is 16.6. The highest BCUT2D eigenvalue weighted by Gasteiger charge is 2.63. The van der Waals surface area contributed by atoms with Crippen LogP contribution in [0.15, 0.2) is 60.7 Å². The predicted molar refractivity (Wildman–Crippen MR) is 111 cm³/mol. The molecule has 0 radical (unpaired) electrons.